The Hall–Kier alpha value is -1.03. The van der Waals surface area contributed by atoms with E-state index in [0.29, 0.717) is 18.1 Å². The van der Waals surface area contributed by atoms with Crippen LogP contribution < -0.4 is 5.73 Å². The lowest BCUT2D eigenvalue weighted by atomic mass is 9.87. The lowest BCUT2D eigenvalue weighted by molar-refractivity contribution is 0.100. The molecule has 2 saturated heterocycles. The molecule has 1 aromatic heterocycles. The van der Waals surface area contributed by atoms with Crippen LogP contribution in [0.3, 0.4) is 0 Å². The number of aryl methyl sites for hydroxylation is 1. The number of hydrogen-bond acceptors (Lipinski definition) is 3. The summed E-state index contributed by atoms with van der Waals surface area (Å²) in [5.41, 5.74) is 6.87. The second-order valence-corrected chi connectivity index (χ2v) is 4.33. The van der Waals surface area contributed by atoms with Gasteiger partial charge in [-0.2, -0.15) is 5.10 Å². The first-order valence-corrected chi connectivity index (χ1v) is 5.19. The first-order chi connectivity index (χ1) is 6.74. The summed E-state index contributed by atoms with van der Waals surface area (Å²) in [5, 5.41) is 4.42. The third-order valence-corrected chi connectivity index (χ3v) is 3.42. The molecule has 3 rings (SSSR count). The average molecular weight is 193 g/mol. The number of nitrogen functional groups attached to an aromatic ring is 1. The minimum absolute atomic E-state index is 0.397. The quantitative estimate of drug-likeness (QED) is 0.725. The second-order valence-electron chi connectivity index (χ2n) is 4.33. The van der Waals surface area contributed by atoms with Gasteiger partial charge in [0.1, 0.15) is 5.82 Å². The Bertz CT molecular complexity index is 341. The molecule has 0 spiro atoms. The third-order valence-electron chi connectivity index (χ3n) is 3.42. The molecular formula is C10H15N3O. The molecule has 4 nitrogen and oxygen atoms in total. The van der Waals surface area contributed by atoms with E-state index in [1.54, 1.807) is 4.68 Å². The summed E-state index contributed by atoms with van der Waals surface area (Å²) in [6.45, 7) is 0. The fourth-order valence-corrected chi connectivity index (χ4v) is 2.64. The predicted molar refractivity (Wildman–Crippen MR) is 52.9 cm³/mol. The Morgan fingerprint density at radius 3 is 2.93 bits per heavy atom. The molecule has 2 aliphatic heterocycles. The van der Waals surface area contributed by atoms with E-state index in [0.717, 1.165) is 17.9 Å². The number of anilines is 1. The van der Waals surface area contributed by atoms with Crippen molar-refractivity contribution >= 4 is 5.82 Å². The first-order valence-electron chi connectivity index (χ1n) is 5.19. The monoisotopic (exact) mass is 193 g/mol. The maximum atomic E-state index is 5.80. The van der Waals surface area contributed by atoms with Crippen LogP contribution in [0.1, 0.15) is 30.9 Å². The van der Waals surface area contributed by atoms with Gasteiger partial charge in [0, 0.05) is 19.0 Å². The van der Waals surface area contributed by atoms with Crippen LogP contribution in [0.5, 0.6) is 0 Å². The number of rotatable bonds is 1. The van der Waals surface area contributed by atoms with E-state index in [4.69, 9.17) is 10.5 Å². The van der Waals surface area contributed by atoms with Crippen molar-refractivity contribution in [2.75, 3.05) is 5.73 Å². The van der Waals surface area contributed by atoms with Crippen molar-refractivity contribution in [3.05, 3.63) is 11.8 Å². The van der Waals surface area contributed by atoms with Crippen molar-refractivity contribution in [1.82, 2.24) is 9.78 Å². The molecule has 1 aromatic rings. The van der Waals surface area contributed by atoms with Gasteiger partial charge in [-0.1, -0.05) is 0 Å². The molecule has 0 saturated carbocycles. The Morgan fingerprint density at radius 1 is 1.57 bits per heavy atom. The summed E-state index contributed by atoms with van der Waals surface area (Å²) >= 11 is 0. The number of ether oxygens (including phenoxy) is 1. The molecule has 4 heteroatoms. The Labute approximate surface area is 83.0 Å². The van der Waals surface area contributed by atoms with Crippen molar-refractivity contribution in [3.63, 3.8) is 0 Å². The highest BCUT2D eigenvalue weighted by atomic mass is 16.5. The van der Waals surface area contributed by atoms with Gasteiger partial charge in [0.2, 0.25) is 0 Å². The van der Waals surface area contributed by atoms with Crippen molar-refractivity contribution < 1.29 is 4.74 Å². The largest absolute Gasteiger partial charge is 0.384 e. The summed E-state index contributed by atoms with van der Waals surface area (Å²) in [7, 11) is 1.88. The molecule has 0 amide bonds. The zero-order valence-corrected chi connectivity index (χ0v) is 8.31. The van der Waals surface area contributed by atoms with Gasteiger partial charge in [0.05, 0.1) is 17.9 Å². The number of aromatic nitrogens is 2. The van der Waals surface area contributed by atoms with Crippen LogP contribution >= 0.6 is 0 Å². The van der Waals surface area contributed by atoms with E-state index >= 15 is 0 Å². The molecule has 14 heavy (non-hydrogen) atoms. The number of nitrogens with two attached hydrogens (primary N) is 1. The van der Waals surface area contributed by atoms with E-state index in [9.17, 15) is 0 Å². The van der Waals surface area contributed by atoms with Crippen LogP contribution in [0.2, 0.25) is 0 Å². The van der Waals surface area contributed by atoms with Crippen LogP contribution in [-0.2, 0) is 11.8 Å². The molecule has 2 bridgehead atoms. The van der Waals surface area contributed by atoms with E-state index in [1.807, 2.05) is 13.1 Å². The first kappa shape index (κ1) is 8.29. The molecule has 2 aliphatic rings. The average Bonchev–Trinajstić information content (AvgIpc) is 2.82. The lowest BCUT2D eigenvalue weighted by Crippen LogP contribution is -2.14. The normalized spacial score (nSPS) is 35.4. The fraction of sp³-hybridized carbons (Fsp3) is 0.700. The summed E-state index contributed by atoms with van der Waals surface area (Å²) in [6.07, 6.45) is 4.42. The van der Waals surface area contributed by atoms with Gasteiger partial charge in [-0.05, 0) is 19.3 Å². The SMILES string of the molecule is Cn1nc([C@H]2C[C@@H]3CC[C@H]2O3)cc1N. The smallest absolute Gasteiger partial charge is 0.121 e. The fourth-order valence-electron chi connectivity index (χ4n) is 2.64. The van der Waals surface area contributed by atoms with Gasteiger partial charge in [-0.25, -0.2) is 0 Å². The molecule has 0 radical (unpaired) electrons. The van der Waals surface area contributed by atoms with E-state index in [1.165, 1.54) is 12.8 Å². The number of fused-ring (bicyclic) bond motifs is 2. The van der Waals surface area contributed by atoms with Crippen molar-refractivity contribution in [2.45, 2.75) is 37.4 Å². The lowest BCUT2D eigenvalue weighted by Gasteiger charge is -2.15. The van der Waals surface area contributed by atoms with Gasteiger partial charge in [-0.15, -0.1) is 0 Å². The van der Waals surface area contributed by atoms with Crippen LogP contribution in [0.4, 0.5) is 5.82 Å². The van der Waals surface area contributed by atoms with Gasteiger partial charge in [0.25, 0.3) is 0 Å². The predicted octanol–water partition coefficient (Wildman–Crippen LogP) is 1.04. The van der Waals surface area contributed by atoms with E-state index in [-0.39, 0.29) is 0 Å². The van der Waals surface area contributed by atoms with Gasteiger partial charge in [-0.3, -0.25) is 4.68 Å². The van der Waals surface area contributed by atoms with Crippen LogP contribution in [0.25, 0.3) is 0 Å². The molecule has 0 aliphatic carbocycles. The highest BCUT2D eigenvalue weighted by Crippen LogP contribution is 2.44. The van der Waals surface area contributed by atoms with Crippen LogP contribution in [-0.4, -0.2) is 22.0 Å². The zero-order valence-electron chi connectivity index (χ0n) is 8.31. The Balaban J connectivity index is 1.89. The molecule has 2 N–H and O–H groups in total. The molecule has 0 unspecified atom stereocenters. The maximum absolute atomic E-state index is 5.80. The Kier molecular flexibility index (Phi) is 1.62. The zero-order chi connectivity index (χ0) is 9.71. The minimum Gasteiger partial charge on any atom is -0.384 e. The molecule has 2 fully saturated rings. The maximum Gasteiger partial charge on any atom is 0.121 e. The van der Waals surface area contributed by atoms with E-state index in [2.05, 4.69) is 5.10 Å². The molecule has 0 aromatic carbocycles. The van der Waals surface area contributed by atoms with Crippen molar-refractivity contribution in [1.29, 1.82) is 0 Å². The molecule has 3 atom stereocenters. The summed E-state index contributed by atoms with van der Waals surface area (Å²) in [5.74, 6) is 1.22. The minimum atomic E-state index is 0.397. The van der Waals surface area contributed by atoms with Gasteiger partial charge < -0.3 is 10.5 Å². The van der Waals surface area contributed by atoms with Crippen LogP contribution in [0, 0.1) is 0 Å². The highest BCUT2D eigenvalue weighted by molar-refractivity contribution is 5.33. The van der Waals surface area contributed by atoms with Crippen molar-refractivity contribution in [3.8, 4) is 0 Å². The van der Waals surface area contributed by atoms with Crippen LogP contribution in [0.15, 0.2) is 6.07 Å². The van der Waals surface area contributed by atoms with Gasteiger partial charge in [0.15, 0.2) is 0 Å². The summed E-state index contributed by atoms with van der Waals surface area (Å²) < 4.78 is 7.54. The third kappa shape index (κ3) is 1.07. The van der Waals surface area contributed by atoms with E-state index < -0.39 is 0 Å². The van der Waals surface area contributed by atoms with Crippen molar-refractivity contribution in [2.24, 2.45) is 7.05 Å². The number of nitrogens with zero attached hydrogens (tertiary/aromatic N) is 2. The molecule has 3 heterocycles. The standard InChI is InChI=1S/C10H15N3O/c1-13-10(11)5-8(12-13)7-4-6-2-3-9(7)14-6/h5-7,9H,2-4,11H2,1H3/t6-,7+,9+/m0/s1. The number of hydrogen-bond donors (Lipinski definition) is 1. The topological polar surface area (TPSA) is 53.1 Å². The summed E-state index contributed by atoms with van der Waals surface area (Å²) in [4.78, 5) is 0. The molecular weight excluding hydrogens is 178 g/mol. The molecule has 76 valence electrons. The Morgan fingerprint density at radius 2 is 2.43 bits per heavy atom. The highest BCUT2D eigenvalue weighted by Gasteiger charge is 2.42. The second kappa shape index (κ2) is 2.73. The van der Waals surface area contributed by atoms with Gasteiger partial charge >= 0.3 is 0 Å². The summed E-state index contributed by atoms with van der Waals surface area (Å²) in [6, 6.07) is 1.98.